The first-order valence-electron chi connectivity index (χ1n) is 2.79. The number of rotatable bonds is 1. The Kier molecular flexibility index (Phi) is 3.07. The molecule has 1 amide bonds. The van der Waals surface area contributed by atoms with Crippen molar-refractivity contribution in [3.8, 4) is 5.75 Å². The fourth-order valence-electron chi connectivity index (χ4n) is 0.682. The van der Waals surface area contributed by atoms with Crippen LogP contribution in [0.1, 0.15) is 10.4 Å². The standard InChI is InChI=1S/C7H7NO2.H3N/c8-7(10)5-3-1-2-4-6(5)9;/h1-4,9H,(H2,8,10);1H3. The van der Waals surface area contributed by atoms with E-state index in [0.29, 0.717) is 0 Å². The van der Waals surface area contributed by atoms with Crippen LogP contribution in [-0.2, 0) is 0 Å². The van der Waals surface area contributed by atoms with Gasteiger partial charge in [-0.1, -0.05) is 12.1 Å². The Morgan fingerprint density at radius 1 is 1.36 bits per heavy atom. The molecule has 0 aliphatic heterocycles. The molecule has 0 aliphatic rings. The quantitative estimate of drug-likeness (QED) is 0.553. The smallest absolute Gasteiger partial charge is 0.252 e. The van der Waals surface area contributed by atoms with E-state index in [2.05, 4.69) is 0 Å². The maximum Gasteiger partial charge on any atom is 0.252 e. The largest absolute Gasteiger partial charge is 0.507 e. The van der Waals surface area contributed by atoms with E-state index in [0.717, 1.165) is 0 Å². The number of carbonyl (C=O) groups is 1. The fraction of sp³-hybridized carbons (Fsp3) is 0. The van der Waals surface area contributed by atoms with Crippen LogP contribution >= 0.6 is 0 Å². The maximum atomic E-state index is 10.5. The second-order valence-electron chi connectivity index (χ2n) is 1.88. The number of amides is 1. The lowest BCUT2D eigenvalue weighted by atomic mass is 10.2. The van der Waals surface area contributed by atoms with E-state index in [4.69, 9.17) is 10.8 Å². The van der Waals surface area contributed by atoms with Crippen molar-refractivity contribution < 1.29 is 9.90 Å². The monoisotopic (exact) mass is 154 g/mol. The predicted molar refractivity (Wildman–Crippen MR) is 41.6 cm³/mol. The molecule has 0 unspecified atom stereocenters. The zero-order valence-electron chi connectivity index (χ0n) is 5.95. The minimum Gasteiger partial charge on any atom is -0.507 e. The molecule has 1 aromatic carbocycles. The van der Waals surface area contributed by atoms with Crippen LogP contribution < -0.4 is 11.9 Å². The Morgan fingerprint density at radius 3 is 2.27 bits per heavy atom. The molecular weight excluding hydrogens is 144 g/mol. The van der Waals surface area contributed by atoms with Gasteiger partial charge in [-0.2, -0.15) is 0 Å². The number of nitrogens with two attached hydrogens (primary N) is 1. The first-order valence-corrected chi connectivity index (χ1v) is 2.79. The van der Waals surface area contributed by atoms with Crippen molar-refractivity contribution in [3.05, 3.63) is 29.8 Å². The van der Waals surface area contributed by atoms with Crippen LogP contribution in [0.4, 0.5) is 0 Å². The van der Waals surface area contributed by atoms with Gasteiger partial charge >= 0.3 is 0 Å². The second-order valence-corrected chi connectivity index (χ2v) is 1.88. The molecular formula is C7H10N2O2. The van der Waals surface area contributed by atoms with Crippen molar-refractivity contribution >= 4 is 5.91 Å². The lowest BCUT2D eigenvalue weighted by Gasteiger charge is -1.96. The van der Waals surface area contributed by atoms with Crippen molar-refractivity contribution in [2.75, 3.05) is 0 Å². The van der Waals surface area contributed by atoms with Crippen LogP contribution in [0.5, 0.6) is 5.75 Å². The molecule has 0 aromatic heterocycles. The molecule has 0 radical (unpaired) electrons. The summed E-state index contributed by atoms with van der Waals surface area (Å²) >= 11 is 0. The van der Waals surface area contributed by atoms with Gasteiger partial charge in [-0.15, -0.1) is 0 Å². The number of aromatic hydroxyl groups is 1. The SMILES string of the molecule is N.NC(=O)c1ccccc1O. The molecule has 0 heterocycles. The first kappa shape index (κ1) is 9.45. The predicted octanol–water partition coefficient (Wildman–Crippen LogP) is 0.653. The molecule has 0 fully saturated rings. The van der Waals surface area contributed by atoms with Gasteiger partial charge in [0.25, 0.3) is 5.91 Å². The minimum atomic E-state index is -0.613. The number of primary amides is 1. The zero-order valence-corrected chi connectivity index (χ0v) is 5.95. The molecule has 0 atom stereocenters. The molecule has 0 saturated carbocycles. The van der Waals surface area contributed by atoms with Crippen LogP contribution in [0.3, 0.4) is 0 Å². The number of hydrogen-bond donors (Lipinski definition) is 3. The lowest BCUT2D eigenvalue weighted by molar-refractivity contribution is 0.0998. The van der Waals surface area contributed by atoms with Gasteiger partial charge in [-0.3, -0.25) is 4.79 Å². The highest BCUT2D eigenvalue weighted by atomic mass is 16.3. The highest BCUT2D eigenvalue weighted by molar-refractivity contribution is 5.95. The van der Waals surface area contributed by atoms with Gasteiger partial charge in [0.2, 0.25) is 0 Å². The summed E-state index contributed by atoms with van der Waals surface area (Å²) in [5.74, 6) is -0.687. The van der Waals surface area contributed by atoms with Gasteiger partial charge in [0.1, 0.15) is 5.75 Å². The molecule has 0 saturated heterocycles. The van der Waals surface area contributed by atoms with Crippen molar-refractivity contribution in [2.24, 2.45) is 5.73 Å². The molecule has 4 nitrogen and oxygen atoms in total. The Balaban J connectivity index is 0.000001000. The van der Waals surface area contributed by atoms with E-state index in [-0.39, 0.29) is 17.5 Å². The van der Waals surface area contributed by atoms with Crippen LogP contribution in [-0.4, -0.2) is 11.0 Å². The van der Waals surface area contributed by atoms with Gasteiger partial charge in [0.15, 0.2) is 0 Å². The molecule has 0 aliphatic carbocycles. The van der Waals surface area contributed by atoms with E-state index in [9.17, 15) is 4.79 Å². The molecule has 0 bridgehead atoms. The third-order valence-electron chi connectivity index (χ3n) is 1.17. The topological polar surface area (TPSA) is 98.3 Å². The summed E-state index contributed by atoms with van der Waals surface area (Å²) in [5, 5.41) is 8.98. The summed E-state index contributed by atoms with van der Waals surface area (Å²) in [6, 6.07) is 6.15. The van der Waals surface area contributed by atoms with E-state index in [1.54, 1.807) is 12.1 Å². The molecule has 0 spiro atoms. The molecule has 6 N–H and O–H groups in total. The third kappa shape index (κ3) is 1.94. The summed E-state index contributed by atoms with van der Waals surface area (Å²) in [4.78, 5) is 10.5. The fourth-order valence-corrected chi connectivity index (χ4v) is 0.682. The number of phenols is 1. The van der Waals surface area contributed by atoms with Gasteiger partial charge in [0, 0.05) is 0 Å². The highest BCUT2D eigenvalue weighted by Crippen LogP contribution is 2.13. The van der Waals surface area contributed by atoms with Crippen molar-refractivity contribution in [1.29, 1.82) is 0 Å². The van der Waals surface area contributed by atoms with Crippen LogP contribution in [0.15, 0.2) is 24.3 Å². The van der Waals surface area contributed by atoms with E-state index in [1.807, 2.05) is 0 Å². The average molecular weight is 154 g/mol. The second kappa shape index (κ2) is 3.58. The third-order valence-corrected chi connectivity index (χ3v) is 1.17. The number of benzene rings is 1. The Hall–Kier alpha value is -1.55. The van der Waals surface area contributed by atoms with Crippen LogP contribution in [0.25, 0.3) is 0 Å². The van der Waals surface area contributed by atoms with E-state index in [1.165, 1.54) is 12.1 Å². The summed E-state index contributed by atoms with van der Waals surface area (Å²) in [6.45, 7) is 0. The molecule has 1 rings (SSSR count). The van der Waals surface area contributed by atoms with Gasteiger partial charge in [-0.05, 0) is 12.1 Å². The number of carbonyl (C=O) groups excluding carboxylic acids is 1. The Bertz CT molecular complexity index is 260. The summed E-state index contributed by atoms with van der Waals surface area (Å²) in [5.41, 5.74) is 5.07. The van der Waals surface area contributed by atoms with Gasteiger partial charge < -0.3 is 17.0 Å². The van der Waals surface area contributed by atoms with Crippen molar-refractivity contribution in [3.63, 3.8) is 0 Å². The van der Waals surface area contributed by atoms with E-state index >= 15 is 0 Å². The molecule has 1 aromatic rings. The maximum absolute atomic E-state index is 10.5. The zero-order chi connectivity index (χ0) is 7.56. The molecule has 4 heteroatoms. The van der Waals surface area contributed by atoms with Crippen molar-refractivity contribution in [1.82, 2.24) is 6.15 Å². The lowest BCUT2D eigenvalue weighted by Crippen LogP contribution is -2.10. The summed E-state index contributed by atoms with van der Waals surface area (Å²) in [7, 11) is 0. The van der Waals surface area contributed by atoms with Crippen LogP contribution in [0.2, 0.25) is 0 Å². The van der Waals surface area contributed by atoms with E-state index < -0.39 is 5.91 Å². The van der Waals surface area contributed by atoms with Crippen LogP contribution in [0, 0.1) is 0 Å². The normalized spacial score (nSPS) is 8.36. The Morgan fingerprint density at radius 2 is 1.91 bits per heavy atom. The van der Waals surface area contributed by atoms with Gasteiger partial charge in [-0.25, -0.2) is 0 Å². The van der Waals surface area contributed by atoms with Gasteiger partial charge in [0.05, 0.1) is 5.56 Å². The minimum absolute atomic E-state index is 0. The average Bonchev–Trinajstić information content (AvgIpc) is 1.88. The number of hydrogen-bond acceptors (Lipinski definition) is 3. The molecule has 60 valence electrons. The van der Waals surface area contributed by atoms with Crippen molar-refractivity contribution in [2.45, 2.75) is 0 Å². The molecule has 11 heavy (non-hydrogen) atoms. The Labute approximate surface area is 64.2 Å². The first-order chi connectivity index (χ1) is 4.72. The summed E-state index contributed by atoms with van der Waals surface area (Å²) < 4.78 is 0. The summed E-state index contributed by atoms with van der Waals surface area (Å²) in [6.07, 6.45) is 0. The highest BCUT2D eigenvalue weighted by Gasteiger charge is 2.03. The number of para-hydroxylation sites is 1.